The van der Waals surface area contributed by atoms with Gasteiger partial charge in [0.25, 0.3) is 5.91 Å². The van der Waals surface area contributed by atoms with E-state index in [0.717, 1.165) is 0 Å². The molecule has 25 heavy (non-hydrogen) atoms. The Morgan fingerprint density at radius 2 is 2.08 bits per heavy atom. The number of nitriles is 1. The zero-order valence-corrected chi connectivity index (χ0v) is 14.7. The number of amides is 1. The van der Waals surface area contributed by atoms with E-state index in [1.54, 1.807) is 12.1 Å². The second kappa shape index (κ2) is 7.96. The van der Waals surface area contributed by atoms with Crippen LogP contribution in [-0.2, 0) is 20.6 Å². The Bertz CT molecular complexity index is 908. The highest BCUT2D eigenvalue weighted by atomic mass is 35.5. The fourth-order valence-corrected chi connectivity index (χ4v) is 3.16. The number of halogens is 1. The van der Waals surface area contributed by atoms with Crippen LogP contribution in [-0.4, -0.2) is 25.4 Å². The number of nitrogens with zero attached hydrogens (tertiary/aromatic N) is 2. The average Bonchev–Trinajstić information content (AvgIpc) is 2.56. The van der Waals surface area contributed by atoms with Gasteiger partial charge in [0.15, 0.2) is 6.10 Å². The van der Waals surface area contributed by atoms with Gasteiger partial charge in [-0.2, -0.15) is 5.26 Å². The highest BCUT2D eigenvalue weighted by Gasteiger charge is 2.22. The number of benzene rings is 1. The minimum atomic E-state index is -3.93. The first-order chi connectivity index (χ1) is 11.8. The Morgan fingerprint density at radius 3 is 2.72 bits per heavy atom. The standard InChI is InChI=1S/C16H14ClN3O4S/c1-11(24-14-5-3-2-4-13(14)8-18)16(21)20-25(22,23)10-12-6-7-15(17)19-9-12/h2-7,9,11H,10H2,1H3,(H,20,21)/t11-/m1/s1. The molecule has 2 aromatic rings. The van der Waals surface area contributed by atoms with Crippen LogP contribution >= 0.6 is 11.6 Å². The SMILES string of the molecule is C[C@@H](Oc1ccccc1C#N)C(=O)NS(=O)(=O)Cc1ccc(Cl)nc1. The molecule has 0 saturated carbocycles. The first kappa shape index (κ1) is 18.7. The van der Waals surface area contributed by atoms with Gasteiger partial charge in [0.1, 0.15) is 17.0 Å². The molecule has 0 spiro atoms. The molecule has 0 radical (unpaired) electrons. The lowest BCUT2D eigenvalue weighted by Crippen LogP contribution is -2.40. The third-order valence-electron chi connectivity index (χ3n) is 3.08. The van der Waals surface area contributed by atoms with Gasteiger partial charge in [-0.3, -0.25) is 4.79 Å². The molecule has 2 rings (SSSR count). The van der Waals surface area contributed by atoms with Crippen molar-refractivity contribution >= 4 is 27.5 Å². The Balaban J connectivity index is 2.02. The van der Waals surface area contributed by atoms with Crippen molar-refractivity contribution in [3.63, 3.8) is 0 Å². The number of aromatic nitrogens is 1. The topological polar surface area (TPSA) is 109 Å². The summed E-state index contributed by atoms with van der Waals surface area (Å²) >= 11 is 5.64. The molecular formula is C16H14ClN3O4S. The van der Waals surface area contributed by atoms with Gasteiger partial charge in [-0.1, -0.05) is 29.8 Å². The number of carbonyl (C=O) groups is 1. The lowest BCUT2D eigenvalue weighted by Gasteiger charge is -2.15. The van der Waals surface area contributed by atoms with Crippen LogP contribution in [0.5, 0.6) is 5.75 Å². The number of hydrogen-bond donors (Lipinski definition) is 1. The molecule has 1 aromatic heterocycles. The number of nitrogens with one attached hydrogen (secondary N) is 1. The van der Waals surface area contributed by atoms with Crippen LogP contribution in [0.2, 0.25) is 5.15 Å². The number of para-hydroxylation sites is 1. The maximum atomic E-state index is 12.1. The quantitative estimate of drug-likeness (QED) is 0.769. The van der Waals surface area contributed by atoms with Crippen LogP contribution in [0.4, 0.5) is 0 Å². The van der Waals surface area contributed by atoms with Crippen molar-refractivity contribution in [2.24, 2.45) is 0 Å². The molecule has 1 aromatic carbocycles. The fraction of sp³-hybridized carbons (Fsp3) is 0.188. The van der Waals surface area contributed by atoms with Gasteiger partial charge in [-0.05, 0) is 30.7 Å². The van der Waals surface area contributed by atoms with Crippen molar-refractivity contribution in [1.82, 2.24) is 9.71 Å². The molecule has 0 aliphatic rings. The molecule has 1 heterocycles. The molecule has 130 valence electrons. The number of ether oxygens (including phenoxy) is 1. The smallest absolute Gasteiger partial charge is 0.274 e. The molecule has 0 fully saturated rings. The first-order valence-corrected chi connectivity index (χ1v) is 9.14. The summed E-state index contributed by atoms with van der Waals surface area (Å²) in [5, 5.41) is 9.24. The van der Waals surface area contributed by atoms with Crippen molar-refractivity contribution in [2.45, 2.75) is 18.8 Å². The molecule has 0 saturated heterocycles. The second-order valence-electron chi connectivity index (χ2n) is 5.08. The highest BCUT2D eigenvalue weighted by Crippen LogP contribution is 2.18. The number of sulfonamides is 1. The predicted molar refractivity (Wildman–Crippen MR) is 91.3 cm³/mol. The molecule has 0 aliphatic carbocycles. The molecule has 1 amide bonds. The summed E-state index contributed by atoms with van der Waals surface area (Å²) in [6.45, 7) is 1.39. The molecular weight excluding hydrogens is 366 g/mol. The monoisotopic (exact) mass is 379 g/mol. The van der Waals surface area contributed by atoms with Crippen LogP contribution in [0.1, 0.15) is 18.1 Å². The molecule has 9 heteroatoms. The van der Waals surface area contributed by atoms with E-state index in [1.165, 1.54) is 37.4 Å². The Kier molecular flexibility index (Phi) is 5.96. The van der Waals surface area contributed by atoms with Crippen LogP contribution < -0.4 is 9.46 Å². The molecule has 1 N–H and O–H groups in total. The van der Waals surface area contributed by atoms with E-state index in [9.17, 15) is 13.2 Å². The minimum Gasteiger partial charge on any atom is -0.479 e. The van der Waals surface area contributed by atoms with E-state index in [2.05, 4.69) is 4.98 Å². The van der Waals surface area contributed by atoms with E-state index in [-0.39, 0.29) is 16.5 Å². The molecule has 7 nitrogen and oxygen atoms in total. The van der Waals surface area contributed by atoms with Gasteiger partial charge in [-0.15, -0.1) is 0 Å². The molecule has 1 atom stereocenters. The summed E-state index contributed by atoms with van der Waals surface area (Å²) < 4.78 is 31.5. The van der Waals surface area contributed by atoms with E-state index in [1.807, 2.05) is 10.8 Å². The number of rotatable bonds is 6. The van der Waals surface area contributed by atoms with Crippen LogP contribution in [0.3, 0.4) is 0 Å². The number of pyridine rings is 1. The third kappa shape index (κ3) is 5.45. The van der Waals surface area contributed by atoms with E-state index in [0.29, 0.717) is 5.56 Å². The van der Waals surface area contributed by atoms with Crippen LogP contribution in [0.15, 0.2) is 42.6 Å². The highest BCUT2D eigenvalue weighted by molar-refractivity contribution is 7.89. The lowest BCUT2D eigenvalue weighted by atomic mass is 10.2. The van der Waals surface area contributed by atoms with Gasteiger partial charge >= 0.3 is 0 Å². The molecule has 0 unspecified atom stereocenters. The van der Waals surface area contributed by atoms with Crippen molar-refractivity contribution in [3.05, 3.63) is 58.9 Å². The zero-order valence-electron chi connectivity index (χ0n) is 13.1. The Morgan fingerprint density at radius 1 is 1.36 bits per heavy atom. The first-order valence-electron chi connectivity index (χ1n) is 7.11. The van der Waals surface area contributed by atoms with Crippen molar-refractivity contribution in [3.8, 4) is 11.8 Å². The Labute approximate surface area is 150 Å². The van der Waals surface area contributed by atoms with Gasteiger partial charge in [-0.25, -0.2) is 18.1 Å². The van der Waals surface area contributed by atoms with Crippen LogP contribution in [0.25, 0.3) is 0 Å². The summed E-state index contributed by atoms with van der Waals surface area (Å²) in [5.41, 5.74) is 0.630. The fourth-order valence-electron chi connectivity index (χ4n) is 1.89. The zero-order chi connectivity index (χ0) is 18.4. The normalized spacial score (nSPS) is 12.0. The van der Waals surface area contributed by atoms with Crippen molar-refractivity contribution in [2.75, 3.05) is 0 Å². The average molecular weight is 380 g/mol. The summed E-state index contributed by atoms with van der Waals surface area (Å²) in [7, 11) is -3.93. The summed E-state index contributed by atoms with van der Waals surface area (Å²) in [4.78, 5) is 15.9. The summed E-state index contributed by atoms with van der Waals surface area (Å²) in [6.07, 6.45) is 0.211. The van der Waals surface area contributed by atoms with Crippen molar-refractivity contribution < 1.29 is 17.9 Å². The summed E-state index contributed by atoms with van der Waals surface area (Å²) in [5.74, 6) is -1.06. The second-order valence-corrected chi connectivity index (χ2v) is 7.19. The maximum Gasteiger partial charge on any atom is 0.274 e. The Hall–Kier alpha value is -2.63. The molecule has 0 bridgehead atoms. The predicted octanol–water partition coefficient (Wildman–Crippen LogP) is 2.02. The van der Waals surface area contributed by atoms with Crippen LogP contribution in [0, 0.1) is 11.3 Å². The van der Waals surface area contributed by atoms with Crippen molar-refractivity contribution in [1.29, 1.82) is 5.26 Å². The van der Waals surface area contributed by atoms with E-state index in [4.69, 9.17) is 21.6 Å². The molecule has 0 aliphatic heterocycles. The number of carbonyl (C=O) groups excluding carboxylic acids is 1. The van der Waals surface area contributed by atoms with Gasteiger partial charge in [0.05, 0.1) is 11.3 Å². The minimum absolute atomic E-state index is 0.201. The number of hydrogen-bond acceptors (Lipinski definition) is 6. The lowest BCUT2D eigenvalue weighted by molar-refractivity contribution is -0.125. The maximum absolute atomic E-state index is 12.1. The van der Waals surface area contributed by atoms with Gasteiger partial charge in [0, 0.05) is 6.20 Å². The van der Waals surface area contributed by atoms with Gasteiger partial charge < -0.3 is 4.74 Å². The van der Waals surface area contributed by atoms with Gasteiger partial charge in [0.2, 0.25) is 10.0 Å². The summed E-state index contributed by atoms with van der Waals surface area (Å²) in [6, 6.07) is 11.2. The largest absolute Gasteiger partial charge is 0.479 e. The third-order valence-corrected chi connectivity index (χ3v) is 4.53. The van der Waals surface area contributed by atoms with E-state index >= 15 is 0 Å². The van der Waals surface area contributed by atoms with E-state index < -0.39 is 27.8 Å².